The molecule has 5 nitrogen and oxygen atoms in total. The Bertz CT molecular complexity index is 572. The average Bonchev–Trinajstić information content (AvgIpc) is 2.54. The van der Waals surface area contributed by atoms with E-state index in [1.54, 1.807) is 12.1 Å². The van der Waals surface area contributed by atoms with Crippen LogP contribution in [0.25, 0.3) is 10.9 Å². The number of H-pyrrole nitrogens is 1. The maximum atomic E-state index is 10.7. The molecule has 1 N–H and O–H groups in total. The van der Waals surface area contributed by atoms with E-state index >= 15 is 0 Å². The molecule has 0 amide bonds. The molecule has 2 aromatic rings. The van der Waals surface area contributed by atoms with Gasteiger partial charge in [-0.2, -0.15) is 0 Å². The van der Waals surface area contributed by atoms with Crippen LogP contribution in [0.4, 0.5) is 5.69 Å². The third kappa shape index (κ3) is 2.14. The number of rotatable bonds is 3. The molecule has 1 aromatic heterocycles. The molecular weight excluding hydrogens is 218 g/mol. The zero-order valence-electron chi connectivity index (χ0n) is 10.2. The van der Waals surface area contributed by atoms with E-state index in [0.717, 1.165) is 23.1 Å². The van der Waals surface area contributed by atoms with Crippen LogP contribution in [0, 0.1) is 17.0 Å². The second kappa shape index (κ2) is 4.18. The quantitative estimate of drug-likeness (QED) is 0.654. The van der Waals surface area contributed by atoms with Gasteiger partial charge in [-0.3, -0.25) is 10.1 Å². The molecule has 0 unspecified atom stereocenters. The minimum atomic E-state index is -0.374. The summed E-state index contributed by atoms with van der Waals surface area (Å²) in [5, 5.41) is 11.8. The summed E-state index contributed by atoms with van der Waals surface area (Å²) in [6.45, 7) is 2.81. The zero-order valence-corrected chi connectivity index (χ0v) is 10.2. The van der Waals surface area contributed by atoms with Crippen LogP contribution in [0.3, 0.4) is 0 Å². The highest BCUT2D eigenvalue weighted by Crippen LogP contribution is 2.26. The van der Waals surface area contributed by atoms with Crippen LogP contribution in [0.1, 0.15) is 11.3 Å². The van der Waals surface area contributed by atoms with Gasteiger partial charge in [0.25, 0.3) is 5.69 Å². The highest BCUT2D eigenvalue weighted by Gasteiger charge is 2.12. The first-order valence-corrected chi connectivity index (χ1v) is 5.39. The second-order valence-corrected chi connectivity index (χ2v) is 4.45. The van der Waals surface area contributed by atoms with Crippen LogP contribution in [0.5, 0.6) is 0 Å². The van der Waals surface area contributed by atoms with Gasteiger partial charge in [0, 0.05) is 29.8 Å². The minimum absolute atomic E-state index is 0.121. The third-order valence-electron chi connectivity index (χ3n) is 2.79. The van der Waals surface area contributed by atoms with E-state index in [9.17, 15) is 10.1 Å². The fourth-order valence-corrected chi connectivity index (χ4v) is 2.01. The Morgan fingerprint density at radius 1 is 1.41 bits per heavy atom. The van der Waals surface area contributed by atoms with Crippen molar-refractivity contribution in [3.05, 3.63) is 39.6 Å². The summed E-state index contributed by atoms with van der Waals surface area (Å²) < 4.78 is 0. The molecule has 5 heteroatoms. The molecule has 0 fully saturated rings. The summed E-state index contributed by atoms with van der Waals surface area (Å²) in [6.07, 6.45) is 0. The monoisotopic (exact) mass is 233 g/mol. The van der Waals surface area contributed by atoms with Crippen LogP contribution >= 0.6 is 0 Å². The van der Waals surface area contributed by atoms with Crippen molar-refractivity contribution in [3.8, 4) is 0 Å². The number of hydrogen-bond donors (Lipinski definition) is 1. The number of nitro benzene ring substituents is 1. The molecule has 0 atom stereocenters. The van der Waals surface area contributed by atoms with Crippen LogP contribution in [-0.2, 0) is 6.54 Å². The fourth-order valence-electron chi connectivity index (χ4n) is 2.01. The molecule has 0 saturated heterocycles. The number of aryl methyl sites for hydroxylation is 1. The molecule has 0 saturated carbocycles. The van der Waals surface area contributed by atoms with E-state index in [-0.39, 0.29) is 10.6 Å². The highest BCUT2D eigenvalue weighted by atomic mass is 16.6. The van der Waals surface area contributed by atoms with E-state index in [2.05, 4.69) is 9.88 Å². The van der Waals surface area contributed by atoms with Gasteiger partial charge in [-0.05, 0) is 32.6 Å². The first-order chi connectivity index (χ1) is 7.99. The Balaban J connectivity index is 2.56. The van der Waals surface area contributed by atoms with Crippen LogP contribution in [-0.4, -0.2) is 28.9 Å². The lowest BCUT2D eigenvalue weighted by Gasteiger charge is -2.09. The van der Waals surface area contributed by atoms with Gasteiger partial charge in [0.2, 0.25) is 0 Å². The number of nitrogens with zero attached hydrogens (tertiary/aromatic N) is 2. The average molecular weight is 233 g/mol. The molecule has 17 heavy (non-hydrogen) atoms. The van der Waals surface area contributed by atoms with Gasteiger partial charge in [0.15, 0.2) is 0 Å². The molecule has 2 rings (SSSR count). The van der Waals surface area contributed by atoms with Crippen molar-refractivity contribution in [2.24, 2.45) is 0 Å². The summed E-state index contributed by atoms with van der Waals surface area (Å²) in [7, 11) is 4.01. The van der Waals surface area contributed by atoms with E-state index in [1.165, 1.54) is 5.56 Å². The molecule has 0 spiro atoms. The van der Waals surface area contributed by atoms with Crippen molar-refractivity contribution < 1.29 is 4.92 Å². The number of nitro groups is 1. The normalized spacial score (nSPS) is 11.3. The van der Waals surface area contributed by atoms with E-state index in [4.69, 9.17) is 0 Å². The predicted molar refractivity (Wildman–Crippen MR) is 67.1 cm³/mol. The molecule has 0 aliphatic heterocycles. The Hall–Kier alpha value is -1.88. The molecular formula is C12H15N3O2. The van der Waals surface area contributed by atoms with Crippen molar-refractivity contribution in [1.82, 2.24) is 9.88 Å². The summed E-state index contributed by atoms with van der Waals surface area (Å²) in [4.78, 5) is 15.6. The largest absolute Gasteiger partial charge is 0.358 e. The van der Waals surface area contributed by atoms with Crippen molar-refractivity contribution in [2.75, 3.05) is 14.1 Å². The van der Waals surface area contributed by atoms with Crippen molar-refractivity contribution in [3.63, 3.8) is 0 Å². The molecule has 0 bridgehead atoms. The van der Waals surface area contributed by atoms with Gasteiger partial charge < -0.3 is 9.88 Å². The number of benzene rings is 1. The molecule has 1 heterocycles. The Kier molecular flexibility index (Phi) is 2.85. The van der Waals surface area contributed by atoms with Gasteiger partial charge >= 0.3 is 0 Å². The van der Waals surface area contributed by atoms with E-state index in [0.29, 0.717) is 0 Å². The first kappa shape index (κ1) is 11.6. The number of aromatic amines is 1. The smallest absolute Gasteiger partial charge is 0.271 e. The Labute approximate surface area is 99.2 Å². The summed E-state index contributed by atoms with van der Waals surface area (Å²) >= 11 is 0. The Morgan fingerprint density at radius 3 is 2.71 bits per heavy atom. The topological polar surface area (TPSA) is 62.2 Å². The number of non-ortho nitro benzene ring substituents is 1. The van der Waals surface area contributed by atoms with E-state index < -0.39 is 0 Å². The second-order valence-electron chi connectivity index (χ2n) is 4.45. The van der Waals surface area contributed by atoms with Crippen molar-refractivity contribution in [2.45, 2.75) is 13.5 Å². The molecule has 0 radical (unpaired) electrons. The standard InChI is InChI=1S/C12H15N3O2/c1-8-11(7-14(2)3)10-5-4-9(15(16)17)6-12(10)13-8/h4-6,13H,7H2,1-3H3. The predicted octanol–water partition coefficient (Wildman–Crippen LogP) is 2.45. The van der Waals surface area contributed by atoms with Gasteiger partial charge in [0.1, 0.15) is 0 Å². The van der Waals surface area contributed by atoms with Crippen molar-refractivity contribution in [1.29, 1.82) is 0 Å². The summed E-state index contributed by atoms with van der Waals surface area (Å²) in [6, 6.07) is 4.95. The molecule has 1 aromatic carbocycles. The van der Waals surface area contributed by atoms with Crippen LogP contribution < -0.4 is 0 Å². The SMILES string of the molecule is Cc1[nH]c2cc([N+](=O)[O-])ccc2c1CN(C)C. The number of nitrogens with one attached hydrogen (secondary N) is 1. The minimum Gasteiger partial charge on any atom is -0.358 e. The zero-order chi connectivity index (χ0) is 12.6. The number of fused-ring (bicyclic) bond motifs is 1. The lowest BCUT2D eigenvalue weighted by molar-refractivity contribution is -0.384. The van der Waals surface area contributed by atoms with Gasteiger partial charge in [-0.1, -0.05) is 0 Å². The highest BCUT2D eigenvalue weighted by molar-refractivity contribution is 5.86. The maximum Gasteiger partial charge on any atom is 0.271 e. The van der Waals surface area contributed by atoms with Gasteiger partial charge in [0.05, 0.1) is 10.4 Å². The summed E-state index contributed by atoms with van der Waals surface area (Å²) in [5.41, 5.74) is 3.21. The number of hydrogen-bond acceptors (Lipinski definition) is 3. The Morgan fingerprint density at radius 2 is 2.12 bits per heavy atom. The maximum absolute atomic E-state index is 10.7. The van der Waals surface area contributed by atoms with Crippen molar-refractivity contribution >= 4 is 16.6 Å². The van der Waals surface area contributed by atoms with Gasteiger partial charge in [-0.15, -0.1) is 0 Å². The van der Waals surface area contributed by atoms with Crippen LogP contribution in [0.2, 0.25) is 0 Å². The van der Waals surface area contributed by atoms with Crippen LogP contribution in [0.15, 0.2) is 18.2 Å². The lowest BCUT2D eigenvalue weighted by Crippen LogP contribution is -2.11. The molecule has 0 aliphatic rings. The lowest BCUT2D eigenvalue weighted by atomic mass is 10.1. The van der Waals surface area contributed by atoms with E-state index in [1.807, 2.05) is 27.1 Å². The molecule has 0 aliphatic carbocycles. The van der Waals surface area contributed by atoms with Gasteiger partial charge in [-0.25, -0.2) is 0 Å². The number of aromatic nitrogens is 1. The molecule has 90 valence electrons. The fraction of sp³-hybridized carbons (Fsp3) is 0.333. The summed E-state index contributed by atoms with van der Waals surface area (Å²) in [5.74, 6) is 0. The third-order valence-corrected chi connectivity index (χ3v) is 2.79. The first-order valence-electron chi connectivity index (χ1n) is 5.39.